The number of hydrogen-bond donors (Lipinski definition) is 0. The number of rotatable bonds is 5. The molecule has 1 aliphatic carbocycles. The molecule has 0 aliphatic heterocycles. The number of carbonyl (C=O) groups excluding carboxylic acids is 1. The second kappa shape index (κ2) is 5.75. The Labute approximate surface area is 98.1 Å². The summed E-state index contributed by atoms with van der Waals surface area (Å²) in [7, 11) is 0. The second-order valence-corrected chi connectivity index (χ2v) is 4.44. The van der Waals surface area contributed by atoms with E-state index < -0.39 is 5.60 Å². The SMILES string of the molecule is C#CC1(OC(C)=O)CCCC1CCCC=C. The number of hydrogen-bond acceptors (Lipinski definition) is 2. The fourth-order valence-corrected chi connectivity index (χ4v) is 2.54. The molecule has 0 saturated heterocycles. The maximum absolute atomic E-state index is 11.1. The Morgan fingerprint density at radius 3 is 3.06 bits per heavy atom. The lowest BCUT2D eigenvalue weighted by molar-refractivity contribution is -0.154. The summed E-state index contributed by atoms with van der Waals surface area (Å²) in [5, 5.41) is 0. The topological polar surface area (TPSA) is 26.3 Å². The zero-order valence-corrected chi connectivity index (χ0v) is 10.00. The molecule has 2 heteroatoms. The summed E-state index contributed by atoms with van der Waals surface area (Å²) in [5.41, 5.74) is -0.632. The number of carbonyl (C=O) groups is 1. The normalized spacial score (nSPS) is 28.4. The van der Waals surface area contributed by atoms with Gasteiger partial charge in [0.1, 0.15) is 0 Å². The van der Waals surface area contributed by atoms with Crippen molar-refractivity contribution >= 4 is 5.97 Å². The Morgan fingerprint density at radius 1 is 1.75 bits per heavy atom. The van der Waals surface area contributed by atoms with E-state index in [2.05, 4.69) is 12.5 Å². The van der Waals surface area contributed by atoms with Crippen molar-refractivity contribution in [2.75, 3.05) is 0 Å². The quantitative estimate of drug-likeness (QED) is 0.308. The number of terminal acetylenes is 1. The van der Waals surface area contributed by atoms with Crippen LogP contribution in [0.25, 0.3) is 0 Å². The molecule has 88 valence electrons. The van der Waals surface area contributed by atoms with Gasteiger partial charge in [0.25, 0.3) is 0 Å². The van der Waals surface area contributed by atoms with Gasteiger partial charge in [0, 0.05) is 12.8 Å². The highest BCUT2D eigenvalue weighted by Crippen LogP contribution is 2.41. The van der Waals surface area contributed by atoms with Gasteiger partial charge in [-0.15, -0.1) is 13.0 Å². The number of allylic oxidation sites excluding steroid dienone is 1. The van der Waals surface area contributed by atoms with Crippen LogP contribution < -0.4 is 0 Å². The predicted octanol–water partition coefficient (Wildman–Crippen LogP) is 3.08. The van der Waals surface area contributed by atoms with Gasteiger partial charge in [0.15, 0.2) is 5.60 Å². The summed E-state index contributed by atoms with van der Waals surface area (Å²) in [6.45, 7) is 5.13. The first-order valence-electron chi connectivity index (χ1n) is 5.93. The average Bonchev–Trinajstić information content (AvgIpc) is 2.62. The maximum Gasteiger partial charge on any atom is 0.304 e. The molecule has 2 nitrogen and oxygen atoms in total. The zero-order valence-electron chi connectivity index (χ0n) is 10.00. The Kier molecular flexibility index (Phi) is 4.61. The van der Waals surface area contributed by atoms with E-state index in [1.54, 1.807) is 0 Å². The summed E-state index contributed by atoms with van der Waals surface area (Å²) in [6, 6.07) is 0. The largest absolute Gasteiger partial charge is 0.446 e. The minimum absolute atomic E-state index is 0.270. The molecular weight excluding hydrogens is 200 g/mol. The first-order chi connectivity index (χ1) is 7.64. The maximum atomic E-state index is 11.1. The zero-order chi connectivity index (χ0) is 12.0. The van der Waals surface area contributed by atoms with Gasteiger partial charge in [-0.25, -0.2) is 0 Å². The third-order valence-electron chi connectivity index (χ3n) is 3.29. The molecule has 0 bridgehead atoms. The molecule has 0 aromatic rings. The lowest BCUT2D eigenvalue weighted by atomic mass is 9.87. The fourth-order valence-electron chi connectivity index (χ4n) is 2.54. The third kappa shape index (κ3) is 2.88. The van der Waals surface area contributed by atoms with Crippen molar-refractivity contribution in [1.29, 1.82) is 0 Å². The minimum atomic E-state index is -0.632. The lowest BCUT2D eigenvalue weighted by Crippen LogP contribution is -2.36. The van der Waals surface area contributed by atoms with Crippen molar-refractivity contribution in [3.63, 3.8) is 0 Å². The average molecular weight is 220 g/mol. The highest BCUT2D eigenvalue weighted by Gasteiger charge is 2.43. The standard InChI is InChI=1S/C14H20O2/c1-4-6-7-9-13-10-8-11-14(13,5-2)16-12(3)15/h2,4,13H,1,6-11H2,3H3. The summed E-state index contributed by atoms with van der Waals surface area (Å²) < 4.78 is 5.39. The van der Waals surface area contributed by atoms with Gasteiger partial charge in [-0.1, -0.05) is 12.0 Å². The summed E-state index contributed by atoms with van der Waals surface area (Å²) in [4.78, 5) is 11.1. The van der Waals surface area contributed by atoms with Crippen LogP contribution in [0.15, 0.2) is 12.7 Å². The molecule has 0 spiro atoms. The molecule has 2 unspecified atom stereocenters. The highest BCUT2D eigenvalue weighted by molar-refractivity contribution is 5.67. The van der Waals surface area contributed by atoms with Crippen LogP contribution in [-0.4, -0.2) is 11.6 Å². The van der Waals surface area contributed by atoms with Crippen LogP contribution in [0.1, 0.15) is 45.4 Å². The molecule has 0 heterocycles. The van der Waals surface area contributed by atoms with Crippen molar-refractivity contribution in [3.8, 4) is 12.3 Å². The van der Waals surface area contributed by atoms with E-state index in [1.807, 2.05) is 6.08 Å². The van der Waals surface area contributed by atoms with Crippen molar-refractivity contribution < 1.29 is 9.53 Å². The van der Waals surface area contributed by atoms with Gasteiger partial charge in [-0.3, -0.25) is 4.79 Å². The van der Waals surface area contributed by atoms with E-state index >= 15 is 0 Å². The number of ether oxygens (including phenoxy) is 1. The lowest BCUT2D eigenvalue weighted by Gasteiger charge is -2.29. The minimum Gasteiger partial charge on any atom is -0.446 e. The van der Waals surface area contributed by atoms with Gasteiger partial charge in [0.2, 0.25) is 0 Å². The Morgan fingerprint density at radius 2 is 2.50 bits per heavy atom. The Balaban J connectivity index is 2.63. The first kappa shape index (κ1) is 12.8. The van der Waals surface area contributed by atoms with Gasteiger partial charge in [-0.2, -0.15) is 0 Å². The number of unbranched alkanes of at least 4 members (excludes halogenated alkanes) is 1. The number of esters is 1. The first-order valence-corrected chi connectivity index (χ1v) is 5.93. The molecule has 1 fully saturated rings. The van der Waals surface area contributed by atoms with Crippen LogP contribution >= 0.6 is 0 Å². The summed E-state index contributed by atoms with van der Waals surface area (Å²) in [5.74, 6) is 2.77. The summed E-state index contributed by atoms with van der Waals surface area (Å²) in [6.07, 6.45) is 13.5. The molecule has 16 heavy (non-hydrogen) atoms. The molecule has 1 saturated carbocycles. The van der Waals surface area contributed by atoms with Crippen molar-refractivity contribution in [2.24, 2.45) is 5.92 Å². The smallest absolute Gasteiger partial charge is 0.304 e. The van der Waals surface area contributed by atoms with E-state index in [-0.39, 0.29) is 5.97 Å². The Bertz CT molecular complexity index is 300. The van der Waals surface area contributed by atoms with Crippen molar-refractivity contribution in [1.82, 2.24) is 0 Å². The van der Waals surface area contributed by atoms with Gasteiger partial charge in [-0.05, 0) is 38.5 Å². The van der Waals surface area contributed by atoms with E-state index in [0.29, 0.717) is 5.92 Å². The van der Waals surface area contributed by atoms with Crippen LogP contribution in [0, 0.1) is 18.3 Å². The van der Waals surface area contributed by atoms with Crippen LogP contribution in [0.4, 0.5) is 0 Å². The molecular formula is C14H20O2. The molecule has 0 aromatic heterocycles. The Hall–Kier alpha value is -1.23. The molecule has 0 aromatic carbocycles. The van der Waals surface area contributed by atoms with Crippen LogP contribution in [0.3, 0.4) is 0 Å². The van der Waals surface area contributed by atoms with Crippen molar-refractivity contribution in [3.05, 3.63) is 12.7 Å². The van der Waals surface area contributed by atoms with E-state index in [4.69, 9.17) is 11.2 Å². The predicted molar refractivity (Wildman–Crippen MR) is 64.7 cm³/mol. The van der Waals surface area contributed by atoms with Crippen LogP contribution in [-0.2, 0) is 9.53 Å². The molecule has 1 aliphatic rings. The molecule has 0 N–H and O–H groups in total. The van der Waals surface area contributed by atoms with E-state index in [9.17, 15) is 4.79 Å². The molecule has 2 atom stereocenters. The highest BCUT2D eigenvalue weighted by atomic mass is 16.6. The summed E-state index contributed by atoms with van der Waals surface area (Å²) >= 11 is 0. The monoisotopic (exact) mass is 220 g/mol. The second-order valence-electron chi connectivity index (χ2n) is 4.44. The van der Waals surface area contributed by atoms with Gasteiger partial charge >= 0.3 is 5.97 Å². The van der Waals surface area contributed by atoms with Crippen LogP contribution in [0.2, 0.25) is 0 Å². The van der Waals surface area contributed by atoms with Gasteiger partial charge < -0.3 is 4.74 Å². The molecule has 1 rings (SSSR count). The molecule has 0 amide bonds. The van der Waals surface area contributed by atoms with Gasteiger partial charge in [0.05, 0.1) is 0 Å². The fraction of sp³-hybridized carbons (Fsp3) is 0.643. The van der Waals surface area contributed by atoms with Crippen LogP contribution in [0.5, 0.6) is 0 Å². The van der Waals surface area contributed by atoms with E-state index in [1.165, 1.54) is 6.92 Å². The third-order valence-corrected chi connectivity index (χ3v) is 3.29. The molecule has 0 radical (unpaired) electrons. The van der Waals surface area contributed by atoms with E-state index in [0.717, 1.165) is 38.5 Å². The van der Waals surface area contributed by atoms with Crippen molar-refractivity contribution in [2.45, 2.75) is 51.0 Å².